The molecule has 18 heavy (non-hydrogen) atoms. The van der Waals surface area contributed by atoms with Gasteiger partial charge in [0.05, 0.1) is 15.7 Å². The van der Waals surface area contributed by atoms with Gasteiger partial charge in [0.25, 0.3) is 0 Å². The number of nitriles is 1. The summed E-state index contributed by atoms with van der Waals surface area (Å²) in [5.41, 5.74) is 6.28. The third-order valence-corrected chi connectivity index (χ3v) is 2.73. The highest BCUT2D eigenvalue weighted by atomic mass is 79.9. The lowest BCUT2D eigenvalue weighted by Gasteiger charge is -2.08. The van der Waals surface area contributed by atoms with Crippen molar-refractivity contribution in [2.24, 2.45) is 0 Å². The minimum Gasteiger partial charge on any atom is -0.436 e. The van der Waals surface area contributed by atoms with Gasteiger partial charge in [-0.05, 0) is 40.2 Å². The summed E-state index contributed by atoms with van der Waals surface area (Å²) in [5, 5.41) is 8.68. The van der Waals surface area contributed by atoms with E-state index in [1.54, 1.807) is 0 Å². The standard InChI is InChI=1S/C12H7BrFN3O/c13-9-4-8(14)1-2-11(9)18-12-10(16)3-7(5-15)6-17-12/h1-4,6H,16H2. The lowest BCUT2D eigenvalue weighted by molar-refractivity contribution is 0.460. The van der Waals surface area contributed by atoms with Gasteiger partial charge < -0.3 is 10.5 Å². The number of halogens is 2. The van der Waals surface area contributed by atoms with E-state index in [0.717, 1.165) is 0 Å². The Morgan fingerprint density at radius 3 is 2.78 bits per heavy atom. The summed E-state index contributed by atoms with van der Waals surface area (Å²) in [6, 6.07) is 7.37. The molecule has 0 aliphatic carbocycles. The molecule has 1 aromatic heterocycles. The smallest absolute Gasteiger partial charge is 0.242 e. The summed E-state index contributed by atoms with van der Waals surface area (Å²) in [4.78, 5) is 3.92. The zero-order valence-corrected chi connectivity index (χ0v) is 10.6. The van der Waals surface area contributed by atoms with E-state index in [4.69, 9.17) is 15.7 Å². The molecule has 1 heterocycles. The van der Waals surface area contributed by atoms with Crippen LogP contribution in [-0.4, -0.2) is 4.98 Å². The Balaban J connectivity index is 2.32. The number of aromatic nitrogens is 1. The van der Waals surface area contributed by atoms with Gasteiger partial charge >= 0.3 is 0 Å². The fourth-order valence-corrected chi connectivity index (χ4v) is 1.71. The fourth-order valence-electron chi connectivity index (χ4n) is 1.28. The molecule has 0 fully saturated rings. The van der Waals surface area contributed by atoms with Crippen molar-refractivity contribution in [1.29, 1.82) is 5.26 Å². The van der Waals surface area contributed by atoms with Crippen LogP contribution in [0.15, 0.2) is 34.9 Å². The highest BCUT2D eigenvalue weighted by molar-refractivity contribution is 9.10. The lowest BCUT2D eigenvalue weighted by Crippen LogP contribution is -1.96. The average Bonchev–Trinajstić information content (AvgIpc) is 2.34. The quantitative estimate of drug-likeness (QED) is 0.924. The number of nitrogens with zero attached hydrogens (tertiary/aromatic N) is 2. The number of pyridine rings is 1. The van der Waals surface area contributed by atoms with Crippen molar-refractivity contribution in [3.63, 3.8) is 0 Å². The van der Waals surface area contributed by atoms with E-state index in [1.807, 2.05) is 6.07 Å². The second kappa shape index (κ2) is 5.02. The summed E-state index contributed by atoms with van der Waals surface area (Å²) >= 11 is 3.17. The van der Waals surface area contributed by atoms with E-state index in [1.165, 1.54) is 30.5 Å². The molecule has 0 saturated heterocycles. The Hall–Kier alpha value is -2.13. The molecule has 0 aliphatic rings. The molecule has 90 valence electrons. The van der Waals surface area contributed by atoms with E-state index < -0.39 is 0 Å². The Morgan fingerprint density at radius 2 is 2.17 bits per heavy atom. The van der Waals surface area contributed by atoms with Crippen molar-refractivity contribution in [2.75, 3.05) is 5.73 Å². The van der Waals surface area contributed by atoms with Gasteiger partial charge in [-0.1, -0.05) is 0 Å². The van der Waals surface area contributed by atoms with Gasteiger partial charge in [0, 0.05) is 6.20 Å². The average molecular weight is 308 g/mol. The summed E-state index contributed by atoms with van der Waals surface area (Å²) in [6.45, 7) is 0. The second-order valence-corrected chi connectivity index (χ2v) is 4.26. The number of hydrogen-bond donors (Lipinski definition) is 1. The largest absolute Gasteiger partial charge is 0.436 e. The first-order valence-electron chi connectivity index (χ1n) is 4.88. The van der Waals surface area contributed by atoms with Crippen LogP contribution in [0.25, 0.3) is 0 Å². The maximum Gasteiger partial charge on any atom is 0.242 e. The third-order valence-electron chi connectivity index (χ3n) is 2.11. The minimum absolute atomic E-state index is 0.168. The number of ether oxygens (including phenoxy) is 1. The van der Waals surface area contributed by atoms with E-state index in [-0.39, 0.29) is 17.4 Å². The maximum absolute atomic E-state index is 12.9. The van der Waals surface area contributed by atoms with Crippen molar-refractivity contribution in [2.45, 2.75) is 0 Å². The lowest BCUT2D eigenvalue weighted by atomic mass is 10.3. The molecule has 0 aliphatic heterocycles. The van der Waals surface area contributed by atoms with Crippen LogP contribution < -0.4 is 10.5 Å². The van der Waals surface area contributed by atoms with E-state index >= 15 is 0 Å². The van der Waals surface area contributed by atoms with Crippen LogP contribution in [0, 0.1) is 17.1 Å². The molecular weight excluding hydrogens is 301 g/mol. The predicted molar refractivity (Wildman–Crippen MR) is 67.5 cm³/mol. The van der Waals surface area contributed by atoms with Crippen molar-refractivity contribution in [3.8, 4) is 17.7 Å². The molecule has 0 unspecified atom stereocenters. The Morgan fingerprint density at radius 1 is 1.39 bits per heavy atom. The normalized spacial score (nSPS) is 9.83. The molecule has 0 spiro atoms. The molecule has 1 aromatic carbocycles. The molecule has 0 radical (unpaired) electrons. The van der Waals surface area contributed by atoms with Crippen LogP contribution >= 0.6 is 15.9 Å². The first-order valence-corrected chi connectivity index (χ1v) is 5.68. The molecule has 0 bridgehead atoms. The Kier molecular flexibility index (Phi) is 3.44. The van der Waals surface area contributed by atoms with Crippen LogP contribution in [0.1, 0.15) is 5.56 Å². The molecular formula is C12H7BrFN3O. The Bertz CT molecular complexity index is 640. The van der Waals surface area contributed by atoms with Crippen molar-refractivity contribution >= 4 is 21.6 Å². The highest BCUT2D eigenvalue weighted by Crippen LogP contribution is 2.31. The number of anilines is 1. The molecule has 2 rings (SSSR count). The Labute approximate surface area is 111 Å². The van der Waals surface area contributed by atoms with Crippen molar-refractivity contribution in [1.82, 2.24) is 4.98 Å². The van der Waals surface area contributed by atoms with Gasteiger partial charge in [0.1, 0.15) is 17.6 Å². The minimum atomic E-state index is -0.380. The highest BCUT2D eigenvalue weighted by Gasteiger charge is 2.08. The van der Waals surface area contributed by atoms with Crippen LogP contribution in [-0.2, 0) is 0 Å². The summed E-state index contributed by atoms with van der Waals surface area (Å²) in [5.74, 6) is 0.177. The zero-order valence-electron chi connectivity index (χ0n) is 9.02. The molecule has 2 aromatic rings. The number of nitrogen functional groups attached to an aromatic ring is 1. The maximum atomic E-state index is 12.9. The van der Waals surface area contributed by atoms with Crippen molar-refractivity contribution in [3.05, 3.63) is 46.3 Å². The predicted octanol–water partition coefficient (Wildman–Crippen LogP) is 3.23. The number of nitrogens with two attached hydrogens (primary N) is 1. The second-order valence-electron chi connectivity index (χ2n) is 3.41. The van der Waals surface area contributed by atoms with Crippen LogP contribution in [0.3, 0.4) is 0 Å². The SMILES string of the molecule is N#Cc1cnc(Oc2ccc(F)cc2Br)c(N)c1. The van der Waals surface area contributed by atoms with Gasteiger partial charge in [-0.15, -0.1) is 0 Å². The fraction of sp³-hybridized carbons (Fsp3) is 0. The molecule has 4 nitrogen and oxygen atoms in total. The van der Waals surface area contributed by atoms with Gasteiger partial charge in [-0.3, -0.25) is 0 Å². The summed E-state index contributed by atoms with van der Waals surface area (Å²) < 4.78 is 18.8. The van der Waals surface area contributed by atoms with E-state index in [9.17, 15) is 4.39 Å². The van der Waals surface area contributed by atoms with E-state index in [0.29, 0.717) is 15.8 Å². The van der Waals surface area contributed by atoms with Gasteiger partial charge in [0.15, 0.2) is 0 Å². The zero-order chi connectivity index (χ0) is 13.1. The molecule has 6 heteroatoms. The molecule has 2 N–H and O–H groups in total. The third kappa shape index (κ3) is 2.57. The van der Waals surface area contributed by atoms with E-state index in [2.05, 4.69) is 20.9 Å². The number of rotatable bonds is 2. The monoisotopic (exact) mass is 307 g/mol. The topological polar surface area (TPSA) is 71.9 Å². The number of benzene rings is 1. The van der Waals surface area contributed by atoms with Crippen LogP contribution in [0.2, 0.25) is 0 Å². The number of hydrogen-bond acceptors (Lipinski definition) is 4. The van der Waals surface area contributed by atoms with Crippen molar-refractivity contribution < 1.29 is 9.13 Å². The molecule has 0 saturated carbocycles. The van der Waals surface area contributed by atoms with Gasteiger partial charge in [-0.25, -0.2) is 9.37 Å². The first-order chi connectivity index (χ1) is 8.60. The molecule has 0 amide bonds. The van der Waals surface area contributed by atoms with Gasteiger partial charge in [-0.2, -0.15) is 5.26 Å². The summed E-state index contributed by atoms with van der Waals surface area (Å²) in [7, 11) is 0. The summed E-state index contributed by atoms with van der Waals surface area (Å²) in [6.07, 6.45) is 1.35. The van der Waals surface area contributed by atoms with Gasteiger partial charge in [0.2, 0.25) is 5.88 Å². The van der Waals surface area contributed by atoms with Crippen LogP contribution in [0.5, 0.6) is 11.6 Å². The molecule has 0 atom stereocenters. The first kappa shape index (κ1) is 12.3. The van der Waals surface area contributed by atoms with Crippen LogP contribution in [0.4, 0.5) is 10.1 Å².